The number of hydrogen-bond acceptors (Lipinski definition) is 3. The fourth-order valence-corrected chi connectivity index (χ4v) is 1.37. The van der Waals surface area contributed by atoms with Crippen molar-refractivity contribution in [1.82, 2.24) is 10.3 Å². The molecule has 0 bridgehead atoms. The number of nitrogens with two attached hydrogens (primary N) is 1. The summed E-state index contributed by atoms with van der Waals surface area (Å²) >= 11 is 0. The van der Waals surface area contributed by atoms with Crippen LogP contribution in [0.3, 0.4) is 0 Å². The summed E-state index contributed by atoms with van der Waals surface area (Å²) in [5.41, 5.74) is 7.65. The SMILES string of the molecule is CCC[C@@H](N)C(=O)NCc1ccc(C)nc1. The third-order valence-electron chi connectivity index (χ3n) is 2.38. The second-order valence-corrected chi connectivity index (χ2v) is 3.92. The number of carbonyl (C=O) groups is 1. The normalized spacial score (nSPS) is 12.2. The number of amides is 1. The molecule has 1 heterocycles. The van der Waals surface area contributed by atoms with Gasteiger partial charge >= 0.3 is 0 Å². The van der Waals surface area contributed by atoms with Crippen LogP contribution >= 0.6 is 0 Å². The van der Waals surface area contributed by atoms with Crippen LogP contribution in [0.25, 0.3) is 0 Å². The van der Waals surface area contributed by atoms with Gasteiger partial charge in [0, 0.05) is 18.4 Å². The molecule has 1 atom stereocenters. The molecule has 0 unspecified atom stereocenters. The molecular weight excluding hydrogens is 202 g/mol. The minimum atomic E-state index is -0.400. The van der Waals surface area contributed by atoms with Gasteiger partial charge in [-0.1, -0.05) is 19.4 Å². The first-order valence-corrected chi connectivity index (χ1v) is 5.58. The highest BCUT2D eigenvalue weighted by molar-refractivity contribution is 5.81. The molecule has 0 aliphatic heterocycles. The standard InChI is InChI=1S/C12H19N3O/c1-3-4-11(13)12(16)15-8-10-6-5-9(2)14-7-10/h5-7,11H,3-4,8,13H2,1-2H3,(H,15,16)/t11-/m1/s1. The van der Waals surface area contributed by atoms with Crippen molar-refractivity contribution >= 4 is 5.91 Å². The van der Waals surface area contributed by atoms with E-state index in [9.17, 15) is 4.79 Å². The van der Waals surface area contributed by atoms with E-state index in [-0.39, 0.29) is 5.91 Å². The predicted molar refractivity (Wildman–Crippen MR) is 63.7 cm³/mol. The zero-order valence-electron chi connectivity index (χ0n) is 9.86. The molecule has 1 aromatic heterocycles. The summed E-state index contributed by atoms with van der Waals surface area (Å²) in [5.74, 6) is -0.0950. The smallest absolute Gasteiger partial charge is 0.237 e. The quantitative estimate of drug-likeness (QED) is 0.783. The Morgan fingerprint density at radius 2 is 2.31 bits per heavy atom. The van der Waals surface area contributed by atoms with Gasteiger partial charge in [0.25, 0.3) is 0 Å². The van der Waals surface area contributed by atoms with Crippen LogP contribution in [0.4, 0.5) is 0 Å². The summed E-state index contributed by atoms with van der Waals surface area (Å²) < 4.78 is 0. The van der Waals surface area contributed by atoms with Crippen LogP contribution in [0.2, 0.25) is 0 Å². The highest BCUT2D eigenvalue weighted by Gasteiger charge is 2.11. The first-order valence-electron chi connectivity index (χ1n) is 5.58. The largest absolute Gasteiger partial charge is 0.351 e. The van der Waals surface area contributed by atoms with Crippen molar-refractivity contribution in [2.24, 2.45) is 5.73 Å². The first kappa shape index (κ1) is 12.6. The fourth-order valence-electron chi connectivity index (χ4n) is 1.37. The van der Waals surface area contributed by atoms with Gasteiger partial charge in [0.05, 0.1) is 6.04 Å². The lowest BCUT2D eigenvalue weighted by atomic mass is 10.1. The Hall–Kier alpha value is -1.42. The molecule has 4 heteroatoms. The van der Waals surface area contributed by atoms with E-state index in [4.69, 9.17) is 5.73 Å². The van der Waals surface area contributed by atoms with Crippen LogP contribution < -0.4 is 11.1 Å². The summed E-state index contributed by atoms with van der Waals surface area (Å²) in [4.78, 5) is 15.7. The van der Waals surface area contributed by atoms with Crippen molar-refractivity contribution in [3.05, 3.63) is 29.6 Å². The molecule has 16 heavy (non-hydrogen) atoms. The summed E-state index contributed by atoms with van der Waals surface area (Å²) in [6.45, 7) is 4.43. The number of carbonyl (C=O) groups excluding carboxylic acids is 1. The van der Waals surface area contributed by atoms with Gasteiger partial charge in [-0.25, -0.2) is 0 Å². The van der Waals surface area contributed by atoms with E-state index in [0.29, 0.717) is 6.54 Å². The van der Waals surface area contributed by atoms with Crippen molar-refractivity contribution in [3.63, 3.8) is 0 Å². The maximum absolute atomic E-state index is 11.5. The third kappa shape index (κ3) is 3.98. The Kier molecular flexibility index (Phi) is 4.92. The minimum Gasteiger partial charge on any atom is -0.351 e. The number of aromatic nitrogens is 1. The van der Waals surface area contributed by atoms with Gasteiger partial charge in [-0.05, 0) is 25.0 Å². The summed E-state index contributed by atoms with van der Waals surface area (Å²) in [6.07, 6.45) is 3.40. The van der Waals surface area contributed by atoms with Crippen LogP contribution in [0, 0.1) is 6.92 Å². The molecule has 0 aromatic carbocycles. The van der Waals surface area contributed by atoms with Gasteiger partial charge in [-0.3, -0.25) is 9.78 Å². The second kappa shape index (κ2) is 6.23. The molecule has 0 spiro atoms. The molecule has 0 radical (unpaired) electrons. The van der Waals surface area contributed by atoms with E-state index in [1.807, 2.05) is 26.0 Å². The summed E-state index contributed by atoms with van der Waals surface area (Å²) in [5, 5.41) is 2.80. The molecule has 1 aromatic rings. The molecule has 0 saturated carbocycles. The number of hydrogen-bond donors (Lipinski definition) is 2. The summed E-state index contributed by atoms with van der Waals surface area (Å²) in [7, 11) is 0. The third-order valence-corrected chi connectivity index (χ3v) is 2.38. The zero-order valence-corrected chi connectivity index (χ0v) is 9.86. The van der Waals surface area contributed by atoms with Crippen molar-refractivity contribution in [3.8, 4) is 0 Å². The van der Waals surface area contributed by atoms with E-state index in [1.165, 1.54) is 0 Å². The van der Waals surface area contributed by atoms with E-state index in [1.54, 1.807) is 6.20 Å². The average molecular weight is 221 g/mol. The van der Waals surface area contributed by atoms with Crippen molar-refractivity contribution in [2.45, 2.75) is 39.3 Å². The molecule has 1 rings (SSSR count). The van der Waals surface area contributed by atoms with Gasteiger partial charge in [-0.2, -0.15) is 0 Å². The molecule has 0 aliphatic rings. The van der Waals surface area contributed by atoms with Gasteiger partial charge in [-0.15, -0.1) is 0 Å². The summed E-state index contributed by atoms with van der Waals surface area (Å²) in [6, 6.07) is 3.48. The number of nitrogens with one attached hydrogen (secondary N) is 1. The van der Waals surface area contributed by atoms with E-state index in [2.05, 4.69) is 10.3 Å². The Balaban J connectivity index is 2.39. The molecule has 4 nitrogen and oxygen atoms in total. The monoisotopic (exact) mass is 221 g/mol. The van der Waals surface area contributed by atoms with E-state index in [0.717, 1.165) is 24.1 Å². The van der Waals surface area contributed by atoms with Crippen LogP contribution in [0.1, 0.15) is 31.0 Å². The Bertz CT molecular complexity index is 335. The van der Waals surface area contributed by atoms with Gasteiger partial charge in [0.2, 0.25) is 5.91 Å². The number of aryl methyl sites for hydroxylation is 1. The van der Waals surface area contributed by atoms with Crippen molar-refractivity contribution < 1.29 is 4.79 Å². The van der Waals surface area contributed by atoms with E-state index >= 15 is 0 Å². The van der Waals surface area contributed by atoms with Gasteiger partial charge in [0.1, 0.15) is 0 Å². The fraction of sp³-hybridized carbons (Fsp3) is 0.500. The Morgan fingerprint density at radius 3 is 2.88 bits per heavy atom. The molecule has 3 N–H and O–H groups in total. The number of rotatable bonds is 5. The Morgan fingerprint density at radius 1 is 1.56 bits per heavy atom. The van der Waals surface area contributed by atoms with Crippen LogP contribution in [-0.4, -0.2) is 16.9 Å². The highest BCUT2D eigenvalue weighted by atomic mass is 16.2. The molecule has 0 saturated heterocycles. The lowest BCUT2D eigenvalue weighted by Crippen LogP contribution is -2.40. The first-order chi connectivity index (χ1) is 7.63. The minimum absolute atomic E-state index is 0.0950. The van der Waals surface area contributed by atoms with E-state index < -0.39 is 6.04 Å². The lowest BCUT2D eigenvalue weighted by Gasteiger charge is -2.10. The van der Waals surface area contributed by atoms with Crippen LogP contribution in [-0.2, 0) is 11.3 Å². The second-order valence-electron chi connectivity index (χ2n) is 3.92. The molecule has 1 amide bonds. The maximum atomic E-state index is 11.5. The van der Waals surface area contributed by atoms with Crippen LogP contribution in [0.5, 0.6) is 0 Å². The topological polar surface area (TPSA) is 68.0 Å². The van der Waals surface area contributed by atoms with Crippen LogP contribution in [0.15, 0.2) is 18.3 Å². The predicted octanol–water partition coefficient (Wildman–Crippen LogP) is 1.13. The van der Waals surface area contributed by atoms with Gasteiger partial charge in [0.15, 0.2) is 0 Å². The highest BCUT2D eigenvalue weighted by Crippen LogP contribution is 1.99. The zero-order chi connectivity index (χ0) is 12.0. The van der Waals surface area contributed by atoms with Crippen molar-refractivity contribution in [1.29, 1.82) is 0 Å². The molecule has 0 aliphatic carbocycles. The Labute approximate surface area is 96.3 Å². The number of pyridine rings is 1. The average Bonchev–Trinajstić information content (AvgIpc) is 2.28. The molecule has 88 valence electrons. The van der Waals surface area contributed by atoms with Gasteiger partial charge < -0.3 is 11.1 Å². The molecular formula is C12H19N3O. The van der Waals surface area contributed by atoms with Crippen molar-refractivity contribution in [2.75, 3.05) is 0 Å². The lowest BCUT2D eigenvalue weighted by molar-refractivity contribution is -0.122. The molecule has 0 fully saturated rings. The maximum Gasteiger partial charge on any atom is 0.237 e. The number of nitrogens with zero attached hydrogens (tertiary/aromatic N) is 1.